The van der Waals surface area contributed by atoms with Gasteiger partial charge in [-0.1, -0.05) is 50.2 Å². The Balaban J connectivity index is 0.932. The highest BCUT2D eigenvalue weighted by Gasteiger charge is 2.61. The standard InChI is InChI=1S/C39H53N3O4/c1-38-17-16-31-29(30(38)14-15-35(38)44)13-12-26-23-34(43)33(24-39(26,31)2)40-19-21-41(22-20-40)37(46)32-11-6-18-42(32)36(45)28-10-5-8-25-7-3-4-9-27(25)28/h3-5,7-10,26,29-35,43-44H,6,11-24H2,1-2H3/t26-,29?,30?,31?,32-,33-,34-,35-,38-,39-/m0/s1. The largest absolute Gasteiger partial charge is 0.393 e. The van der Waals surface area contributed by atoms with E-state index in [1.807, 2.05) is 52.3 Å². The highest BCUT2D eigenvalue weighted by atomic mass is 16.3. The molecule has 2 heterocycles. The van der Waals surface area contributed by atoms with Crippen molar-refractivity contribution in [1.82, 2.24) is 14.7 Å². The van der Waals surface area contributed by atoms with E-state index in [2.05, 4.69) is 18.7 Å². The van der Waals surface area contributed by atoms with Crippen LogP contribution >= 0.6 is 0 Å². The number of hydrogen-bond acceptors (Lipinski definition) is 5. The number of piperazine rings is 1. The molecule has 6 aliphatic rings. The van der Waals surface area contributed by atoms with E-state index in [-0.39, 0.29) is 40.9 Å². The normalized spacial score (nSPS) is 41.2. The fraction of sp³-hybridized carbons (Fsp3) is 0.692. The molecule has 248 valence electrons. The van der Waals surface area contributed by atoms with Gasteiger partial charge in [0.1, 0.15) is 6.04 Å². The molecular formula is C39H53N3O4. The smallest absolute Gasteiger partial charge is 0.255 e. The third kappa shape index (κ3) is 4.77. The summed E-state index contributed by atoms with van der Waals surface area (Å²) in [5.41, 5.74) is 0.994. The molecule has 2 N–H and O–H groups in total. The van der Waals surface area contributed by atoms with Crippen LogP contribution in [0.15, 0.2) is 42.5 Å². The molecule has 46 heavy (non-hydrogen) atoms. The fourth-order valence-corrected chi connectivity index (χ4v) is 11.9. The molecule has 0 aromatic heterocycles. The number of carbonyl (C=O) groups is 2. The van der Waals surface area contributed by atoms with E-state index in [1.54, 1.807) is 0 Å². The Morgan fingerprint density at radius 3 is 2.39 bits per heavy atom. The van der Waals surface area contributed by atoms with Gasteiger partial charge in [0.05, 0.1) is 12.2 Å². The highest BCUT2D eigenvalue weighted by molar-refractivity contribution is 6.08. The summed E-state index contributed by atoms with van der Waals surface area (Å²) in [5.74, 6) is 2.64. The van der Waals surface area contributed by atoms with Gasteiger partial charge < -0.3 is 20.0 Å². The van der Waals surface area contributed by atoms with Crippen LogP contribution in [0.1, 0.15) is 88.4 Å². The van der Waals surface area contributed by atoms with Crippen molar-refractivity contribution in [3.8, 4) is 0 Å². The molecule has 3 unspecified atom stereocenters. The second-order valence-corrected chi connectivity index (χ2v) is 16.4. The number of hydrogen-bond donors (Lipinski definition) is 2. The second-order valence-electron chi connectivity index (χ2n) is 16.4. The van der Waals surface area contributed by atoms with Crippen molar-refractivity contribution in [3.05, 3.63) is 48.0 Å². The van der Waals surface area contributed by atoms with Crippen LogP contribution in [0.4, 0.5) is 0 Å². The van der Waals surface area contributed by atoms with Crippen LogP contribution in [0.25, 0.3) is 10.8 Å². The molecule has 4 aliphatic carbocycles. The summed E-state index contributed by atoms with van der Waals surface area (Å²) >= 11 is 0. The monoisotopic (exact) mass is 627 g/mol. The lowest BCUT2D eigenvalue weighted by atomic mass is 9.44. The maximum atomic E-state index is 13.9. The fourth-order valence-electron chi connectivity index (χ4n) is 11.9. The number of aliphatic hydroxyl groups excluding tert-OH is 2. The first kappa shape index (κ1) is 30.8. The molecule has 8 rings (SSSR count). The molecule has 7 nitrogen and oxygen atoms in total. The minimum absolute atomic E-state index is 0.0414. The topological polar surface area (TPSA) is 84.3 Å². The molecule has 0 spiro atoms. The molecule has 6 fully saturated rings. The molecule has 0 radical (unpaired) electrons. The number of fused-ring (bicyclic) bond motifs is 6. The van der Waals surface area contributed by atoms with Crippen molar-refractivity contribution in [1.29, 1.82) is 0 Å². The third-order valence-corrected chi connectivity index (χ3v) is 14.5. The first-order valence-electron chi connectivity index (χ1n) is 18.4. The molecule has 2 amide bonds. The van der Waals surface area contributed by atoms with E-state index in [1.165, 1.54) is 25.7 Å². The van der Waals surface area contributed by atoms with Gasteiger partial charge in [0, 0.05) is 44.3 Å². The Labute approximate surface area is 274 Å². The van der Waals surface area contributed by atoms with Crippen LogP contribution in [0, 0.1) is 34.5 Å². The number of nitrogens with zero attached hydrogens (tertiary/aromatic N) is 3. The van der Waals surface area contributed by atoms with Crippen molar-refractivity contribution >= 4 is 22.6 Å². The van der Waals surface area contributed by atoms with Crippen LogP contribution in [0.3, 0.4) is 0 Å². The Hall–Kier alpha value is -2.48. The highest BCUT2D eigenvalue weighted by Crippen LogP contribution is 2.66. The number of rotatable bonds is 3. The first-order chi connectivity index (χ1) is 22.2. The minimum Gasteiger partial charge on any atom is -0.393 e. The maximum absolute atomic E-state index is 13.9. The molecule has 4 saturated carbocycles. The van der Waals surface area contributed by atoms with Gasteiger partial charge in [0.25, 0.3) is 5.91 Å². The Morgan fingerprint density at radius 1 is 0.804 bits per heavy atom. The predicted molar refractivity (Wildman–Crippen MR) is 179 cm³/mol. The number of amides is 2. The van der Waals surface area contributed by atoms with Crippen molar-refractivity contribution < 1.29 is 19.8 Å². The third-order valence-electron chi connectivity index (χ3n) is 14.5. The Bertz CT molecular complexity index is 1480. The van der Waals surface area contributed by atoms with Gasteiger partial charge >= 0.3 is 0 Å². The van der Waals surface area contributed by atoms with Crippen molar-refractivity contribution in [2.45, 2.75) is 102 Å². The molecule has 2 aromatic rings. The molecule has 2 aromatic carbocycles. The van der Waals surface area contributed by atoms with Crippen LogP contribution < -0.4 is 0 Å². The molecule has 0 bridgehead atoms. The maximum Gasteiger partial charge on any atom is 0.255 e. The van der Waals surface area contributed by atoms with E-state index in [0.717, 1.165) is 62.4 Å². The molecule has 7 heteroatoms. The second kappa shape index (κ2) is 11.6. The van der Waals surface area contributed by atoms with Gasteiger partial charge in [-0.3, -0.25) is 14.5 Å². The van der Waals surface area contributed by atoms with E-state index in [0.29, 0.717) is 48.9 Å². The summed E-state index contributed by atoms with van der Waals surface area (Å²) in [6.07, 6.45) is 9.99. The predicted octanol–water partition coefficient (Wildman–Crippen LogP) is 5.33. The summed E-state index contributed by atoms with van der Waals surface area (Å²) in [5, 5.41) is 24.4. The lowest BCUT2D eigenvalue weighted by Crippen LogP contribution is -2.62. The summed E-state index contributed by atoms with van der Waals surface area (Å²) in [6, 6.07) is 13.6. The van der Waals surface area contributed by atoms with Crippen molar-refractivity contribution in [2.75, 3.05) is 32.7 Å². The number of aliphatic hydroxyl groups is 2. The average Bonchev–Trinajstić information content (AvgIpc) is 3.68. The summed E-state index contributed by atoms with van der Waals surface area (Å²) in [6.45, 7) is 8.38. The average molecular weight is 628 g/mol. The van der Waals surface area contributed by atoms with Gasteiger partial charge in [-0.2, -0.15) is 0 Å². The van der Waals surface area contributed by atoms with E-state index in [4.69, 9.17) is 0 Å². The molecule has 10 atom stereocenters. The van der Waals surface area contributed by atoms with Gasteiger partial charge in [-0.25, -0.2) is 0 Å². The Kier molecular flexibility index (Phi) is 7.77. The van der Waals surface area contributed by atoms with Gasteiger partial charge in [-0.15, -0.1) is 0 Å². The lowest BCUT2D eigenvalue weighted by Gasteiger charge is -2.62. The first-order valence-corrected chi connectivity index (χ1v) is 18.4. The summed E-state index contributed by atoms with van der Waals surface area (Å²) in [7, 11) is 0. The Morgan fingerprint density at radius 2 is 1.57 bits per heavy atom. The lowest BCUT2D eigenvalue weighted by molar-refractivity contribution is -0.157. The van der Waals surface area contributed by atoms with E-state index in [9.17, 15) is 19.8 Å². The van der Waals surface area contributed by atoms with Crippen LogP contribution in [-0.4, -0.2) is 93.7 Å². The number of benzene rings is 2. The van der Waals surface area contributed by atoms with Crippen LogP contribution in [-0.2, 0) is 4.79 Å². The SMILES string of the molecule is C[C@]12CCC3C(CC[C@H]4C[C@H](O)[C@@H](N5CCN(C(=O)[C@@H]6CCCN6C(=O)c6cccc7ccccc67)CC5)C[C@]34C)C1CC[C@@H]2O. The number of likely N-dealkylation sites (tertiary alicyclic amines) is 1. The van der Waals surface area contributed by atoms with Gasteiger partial charge in [0.2, 0.25) is 5.91 Å². The zero-order valence-corrected chi connectivity index (χ0v) is 27.8. The molecule has 2 aliphatic heterocycles. The van der Waals surface area contributed by atoms with E-state index < -0.39 is 6.04 Å². The van der Waals surface area contributed by atoms with Crippen molar-refractivity contribution in [3.63, 3.8) is 0 Å². The zero-order chi connectivity index (χ0) is 31.8. The quantitative estimate of drug-likeness (QED) is 0.481. The molecule has 2 saturated heterocycles. The van der Waals surface area contributed by atoms with Crippen LogP contribution in [0.5, 0.6) is 0 Å². The minimum atomic E-state index is -0.400. The molecular weight excluding hydrogens is 574 g/mol. The van der Waals surface area contributed by atoms with Crippen molar-refractivity contribution in [2.24, 2.45) is 34.5 Å². The number of carbonyl (C=O) groups excluding carboxylic acids is 2. The summed E-state index contributed by atoms with van der Waals surface area (Å²) in [4.78, 5) is 34.0. The van der Waals surface area contributed by atoms with Gasteiger partial charge in [-0.05, 0) is 116 Å². The summed E-state index contributed by atoms with van der Waals surface area (Å²) < 4.78 is 0. The zero-order valence-electron chi connectivity index (χ0n) is 27.8. The van der Waals surface area contributed by atoms with E-state index >= 15 is 0 Å². The van der Waals surface area contributed by atoms with Crippen LogP contribution in [0.2, 0.25) is 0 Å². The van der Waals surface area contributed by atoms with Gasteiger partial charge in [0.15, 0.2) is 0 Å².